The maximum atomic E-state index is 13.6. The third kappa shape index (κ3) is 3.11. The lowest BCUT2D eigenvalue weighted by molar-refractivity contribution is -0.137. The molecule has 0 bridgehead atoms. The lowest BCUT2D eigenvalue weighted by atomic mass is 10.1. The van der Waals surface area contributed by atoms with E-state index in [0.717, 1.165) is 10.5 Å². The van der Waals surface area contributed by atoms with Crippen LogP contribution in [0.15, 0.2) is 41.9 Å². The number of halogens is 2. The highest BCUT2D eigenvalue weighted by molar-refractivity contribution is 8.02. The SMILES string of the molecule is C[C@H](C(=O)N1CC(F)(F)C[C@H]1C#N)N1C=CSC1c1ccccc1. The lowest BCUT2D eigenvalue weighted by Gasteiger charge is -2.33. The number of likely N-dealkylation sites (tertiary alicyclic amines) is 1. The van der Waals surface area contributed by atoms with Crippen LogP contribution in [0.25, 0.3) is 0 Å². The second-order valence-corrected chi connectivity index (χ2v) is 6.97. The van der Waals surface area contributed by atoms with Crippen molar-refractivity contribution in [2.45, 2.75) is 36.7 Å². The van der Waals surface area contributed by atoms with Crippen LogP contribution in [-0.2, 0) is 4.79 Å². The number of nitriles is 1. The Bertz CT molecular complexity index is 689. The highest BCUT2D eigenvalue weighted by Gasteiger charge is 2.48. The molecule has 3 atom stereocenters. The maximum Gasteiger partial charge on any atom is 0.268 e. The number of alkyl halides is 2. The van der Waals surface area contributed by atoms with Crippen molar-refractivity contribution in [3.8, 4) is 6.07 Å². The minimum atomic E-state index is -3.00. The van der Waals surface area contributed by atoms with E-state index in [0.29, 0.717) is 0 Å². The van der Waals surface area contributed by atoms with Crippen molar-refractivity contribution in [1.82, 2.24) is 9.80 Å². The molecule has 0 aliphatic carbocycles. The van der Waals surface area contributed by atoms with E-state index in [1.165, 1.54) is 0 Å². The summed E-state index contributed by atoms with van der Waals surface area (Å²) in [4.78, 5) is 15.6. The number of hydrogen-bond donors (Lipinski definition) is 0. The molecule has 1 aromatic rings. The van der Waals surface area contributed by atoms with E-state index >= 15 is 0 Å². The number of nitrogens with zero attached hydrogens (tertiary/aromatic N) is 3. The largest absolute Gasteiger partial charge is 0.349 e. The summed E-state index contributed by atoms with van der Waals surface area (Å²) in [5.74, 6) is -3.43. The molecule has 2 heterocycles. The van der Waals surface area contributed by atoms with Gasteiger partial charge in [-0.25, -0.2) is 8.78 Å². The summed E-state index contributed by atoms with van der Waals surface area (Å²) in [6.45, 7) is 1.01. The molecule has 2 aliphatic heterocycles. The molecule has 0 saturated carbocycles. The van der Waals surface area contributed by atoms with Crippen molar-refractivity contribution < 1.29 is 13.6 Å². The molecule has 1 fully saturated rings. The second-order valence-electron chi connectivity index (χ2n) is 5.98. The molecule has 0 spiro atoms. The van der Waals surface area contributed by atoms with Crippen LogP contribution in [0, 0.1) is 11.3 Å². The lowest BCUT2D eigenvalue weighted by Crippen LogP contribution is -2.47. The van der Waals surface area contributed by atoms with E-state index in [1.807, 2.05) is 46.7 Å². The van der Waals surface area contributed by atoms with Gasteiger partial charge in [0.05, 0.1) is 12.6 Å². The molecule has 1 aromatic carbocycles. The third-order valence-electron chi connectivity index (χ3n) is 4.30. The molecule has 0 aromatic heterocycles. The van der Waals surface area contributed by atoms with Gasteiger partial charge < -0.3 is 9.80 Å². The molecule has 126 valence electrons. The molecule has 1 amide bonds. The van der Waals surface area contributed by atoms with Crippen LogP contribution in [0.3, 0.4) is 0 Å². The van der Waals surface area contributed by atoms with Gasteiger partial charge in [0.1, 0.15) is 17.5 Å². The summed E-state index contributed by atoms with van der Waals surface area (Å²) in [7, 11) is 0. The van der Waals surface area contributed by atoms with Crippen molar-refractivity contribution >= 4 is 17.7 Å². The van der Waals surface area contributed by atoms with Crippen LogP contribution >= 0.6 is 11.8 Å². The molecule has 4 nitrogen and oxygen atoms in total. The first-order chi connectivity index (χ1) is 11.4. The van der Waals surface area contributed by atoms with E-state index in [1.54, 1.807) is 24.9 Å². The molecule has 2 aliphatic rings. The standard InChI is InChI=1S/C17H17F2N3OS/c1-12(15(23)22-11-17(18,19)9-14(22)10-20)21-7-8-24-16(21)13-5-3-2-4-6-13/h2-8,12,14,16H,9,11H2,1H3/t12-,14+,16?/m1/s1. The first kappa shape index (κ1) is 16.8. The van der Waals surface area contributed by atoms with Gasteiger partial charge in [0, 0.05) is 12.6 Å². The number of rotatable bonds is 3. The quantitative estimate of drug-likeness (QED) is 0.840. The zero-order valence-corrected chi connectivity index (χ0v) is 13.9. The molecule has 0 N–H and O–H groups in total. The van der Waals surface area contributed by atoms with Crippen molar-refractivity contribution in [1.29, 1.82) is 5.26 Å². The number of thioether (sulfide) groups is 1. The minimum Gasteiger partial charge on any atom is -0.349 e. The second kappa shape index (κ2) is 6.44. The number of carbonyl (C=O) groups excluding carboxylic acids is 1. The highest BCUT2D eigenvalue weighted by atomic mass is 32.2. The van der Waals surface area contributed by atoms with Gasteiger partial charge in [-0.05, 0) is 17.9 Å². The summed E-state index contributed by atoms with van der Waals surface area (Å²) < 4.78 is 27.2. The molecule has 3 rings (SSSR count). The molecule has 1 unspecified atom stereocenters. The van der Waals surface area contributed by atoms with E-state index in [4.69, 9.17) is 5.26 Å². The van der Waals surface area contributed by atoms with Gasteiger partial charge in [-0.1, -0.05) is 30.3 Å². The van der Waals surface area contributed by atoms with Crippen LogP contribution in [-0.4, -0.2) is 40.3 Å². The van der Waals surface area contributed by atoms with Gasteiger partial charge >= 0.3 is 0 Å². The van der Waals surface area contributed by atoms with Crippen molar-refractivity contribution in [2.24, 2.45) is 0 Å². The number of amides is 1. The smallest absolute Gasteiger partial charge is 0.268 e. The molecular formula is C17H17F2N3OS. The first-order valence-electron chi connectivity index (χ1n) is 7.65. The monoisotopic (exact) mass is 349 g/mol. The maximum absolute atomic E-state index is 13.6. The van der Waals surface area contributed by atoms with Gasteiger partial charge in [-0.2, -0.15) is 5.26 Å². The van der Waals surface area contributed by atoms with Gasteiger partial charge in [-0.3, -0.25) is 4.79 Å². The van der Waals surface area contributed by atoms with Crippen LogP contribution in [0.1, 0.15) is 24.3 Å². The summed E-state index contributed by atoms with van der Waals surface area (Å²) >= 11 is 1.56. The first-order valence-corrected chi connectivity index (χ1v) is 8.60. The van der Waals surface area contributed by atoms with E-state index in [2.05, 4.69) is 0 Å². The van der Waals surface area contributed by atoms with Gasteiger partial charge in [0.2, 0.25) is 5.91 Å². The zero-order valence-electron chi connectivity index (χ0n) is 13.1. The van der Waals surface area contributed by atoms with E-state index in [9.17, 15) is 13.6 Å². The third-order valence-corrected chi connectivity index (χ3v) is 5.35. The Morgan fingerprint density at radius 2 is 2.12 bits per heavy atom. The van der Waals surface area contributed by atoms with E-state index < -0.39 is 36.9 Å². The Morgan fingerprint density at radius 3 is 2.79 bits per heavy atom. The molecule has 0 radical (unpaired) electrons. The fourth-order valence-electron chi connectivity index (χ4n) is 3.06. The Balaban J connectivity index is 1.78. The number of hydrogen-bond acceptors (Lipinski definition) is 4. The minimum absolute atomic E-state index is 0.0752. The predicted molar refractivity (Wildman–Crippen MR) is 87.9 cm³/mol. The normalized spacial score (nSPS) is 26.4. The van der Waals surface area contributed by atoms with Gasteiger partial charge in [0.15, 0.2) is 0 Å². The molecule has 1 saturated heterocycles. The topological polar surface area (TPSA) is 47.3 Å². The summed E-state index contributed by atoms with van der Waals surface area (Å²) in [6, 6.07) is 9.84. The Morgan fingerprint density at radius 1 is 1.42 bits per heavy atom. The number of carbonyl (C=O) groups is 1. The molecular weight excluding hydrogens is 332 g/mol. The van der Waals surface area contributed by atoms with Crippen molar-refractivity contribution in [2.75, 3.05) is 6.54 Å². The van der Waals surface area contributed by atoms with Crippen LogP contribution in [0.2, 0.25) is 0 Å². The summed E-state index contributed by atoms with van der Waals surface area (Å²) in [5, 5.41) is 10.9. The van der Waals surface area contributed by atoms with Crippen LogP contribution in [0.5, 0.6) is 0 Å². The Kier molecular flexibility index (Phi) is 4.50. The Labute approximate surface area is 143 Å². The average molecular weight is 349 g/mol. The van der Waals surface area contributed by atoms with Crippen molar-refractivity contribution in [3.63, 3.8) is 0 Å². The number of benzene rings is 1. The van der Waals surface area contributed by atoms with Crippen molar-refractivity contribution in [3.05, 3.63) is 47.5 Å². The van der Waals surface area contributed by atoms with Gasteiger partial charge in [0.25, 0.3) is 5.92 Å². The average Bonchev–Trinajstić information content (AvgIpc) is 3.18. The molecule has 24 heavy (non-hydrogen) atoms. The Hall–Kier alpha value is -2.07. The zero-order chi connectivity index (χ0) is 17.3. The predicted octanol–water partition coefficient (Wildman–Crippen LogP) is 3.35. The fourth-order valence-corrected chi connectivity index (χ4v) is 4.13. The summed E-state index contributed by atoms with van der Waals surface area (Å²) in [5.41, 5.74) is 1.04. The van der Waals surface area contributed by atoms with Crippen LogP contribution in [0.4, 0.5) is 8.78 Å². The van der Waals surface area contributed by atoms with E-state index in [-0.39, 0.29) is 5.37 Å². The highest BCUT2D eigenvalue weighted by Crippen LogP contribution is 2.41. The van der Waals surface area contributed by atoms with Crippen LogP contribution < -0.4 is 0 Å². The summed E-state index contributed by atoms with van der Waals surface area (Å²) in [6.07, 6.45) is 1.22. The van der Waals surface area contributed by atoms with Gasteiger partial charge in [-0.15, -0.1) is 11.8 Å². The molecule has 7 heteroatoms. The fraction of sp³-hybridized carbons (Fsp3) is 0.412.